The van der Waals surface area contributed by atoms with E-state index < -0.39 is 12.0 Å². The number of carbonyl (C=O) groups excluding carboxylic acids is 2. The fourth-order valence-electron chi connectivity index (χ4n) is 3.33. The molecule has 0 unspecified atom stereocenters. The van der Waals surface area contributed by atoms with Crippen LogP contribution in [0.25, 0.3) is 0 Å². The predicted molar refractivity (Wildman–Crippen MR) is 98.7 cm³/mol. The Kier molecular flexibility index (Phi) is 5.82. The second-order valence-corrected chi connectivity index (χ2v) is 7.51. The Morgan fingerprint density at radius 1 is 1.33 bits per heavy atom. The van der Waals surface area contributed by atoms with E-state index in [1.807, 2.05) is 13.8 Å². The van der Waals surface area contributed by atoms with Gasteiger partial charge >= 0.3 is 5.97 Å². The minimum atomic E-state index is -0.669. The van der Waals surface area contributed by atoms with Crippen LogP contribution in [0.5, 0.6) is 5.75 Å². The van der Waals surface area contributed by atoms with Crippen LogP contribution in [0.3, 0.4) is 0 Å². The monoisotopic (exact) mass is 375 g/mol. The van der Waals surface area contributed by atoms with Gasteiger partial charge in [0.15, 0.2) is 11.6 Å². The van der Waals surface area contributed by atoms with Crippen LogP contribution in [-0.4, -0.2) is 36.0 Å². The van der Waals surface area contributed by atoms with Gasteiger partial charge in [-0.25, -0.2) is 9.18 Å². The number of rotatable bonds is 8. The molecule has 0 N–H and O–H groups in total. The summed E-state index contributed by atoms with van der Waals surface area (Å²) >= 11 is 0. The van der Waals surface area contributed by atoms with Crippen molar-refractivity contribution in [2.45, 2.75) is 52.0 Å². The number of amides is 1. The maximum absolute atomic E-state index is 14.6. The molecule has 146 valence electrons. The average Bonchev–Trinajstić information content (AvgIpc) is 3.38. The third kappa shape index (κ3) is 4.49. The molecule has 0 aromatic heterocycles. The lowest BCUT2D eigenvalue weighted by Crippen LogP contribution is -2.44. The first kappa shape index (κ1) is 19.4. The van der Waals surface area contributed by atoms with E-state index in [9.17, 15) is 14.0 Å². The van der Waals surface area contributed by atoms with Crippen molar-refractivity contribution in [3.8, 4) is 5.75 Å². The van der Waals surface area contributed by atoms with E-state index in [4.69, 9.17) is 9.47 Å². The number of esters is 1. The zero-order chi connectivity index (χ0) is 19.6. The van der Waals surface area contributed by atoms with Gasteiger partial charge in [-0.3, -0.25) is 4.79 Å². The summed E-state index contributed by atoms with van der Waals surface area (Å²) in [5.41, 5.74) is 0.665. The van der Waals surface area contributed by atoms with Gasteiger partial charge in [-0.05, 0) is 49.7 Å². The summed E-state index contributed by atoms with van der Waals surface area (Å²) in [5.74, 6) is -0.162. The lowest BCUT2D eigenvalue weighted by molar-refractivity contribution is -0.153. The molecular weight excluding hydrogens is 349 g/mol. The Hall–Kier alpha value is -2.37. The number of carbonyl (C=O) groups is 2. The molecule has 27 heavy (non-hydrogen) atoms. The molecule has 1 aliphatic carbocycles. The molecule has 2 aliphatic rings. The third-order valence-corrected chi connectivity index (χ3v) is 4.77. The number of nitrogens with zero attached hydrogens (tertiary/aromatic N) is 1. The van der Waals surface area contributed by atoms with Crippen LogP contribution in [-0.2, 0) is 14.3 Å². The maximum atomic E-state index is 14.6. The highest BCUT2D eigenvalue weighted by molar-refractivity contribution is 5.94. The van der Waals surface area contributed by atoms with Gasteiger partial charge < -0.3 is 14.4 Å². The molecule has 5 nitrogen and oxygen atoms in total. The largest absolute Gasteiger partial charge is 0.464 e. The lowest BCUT2D eigenvalue weighted by atomic mass is 10.0. The number of ether oxygens (including phenoxy) is 2. The van der Waals surface area contributed by atoms with Gasteiger partial charge in [-0.1, -0.05) is 26.0 Å². The van der Waals surface area contributed by atoms with Gasteiger partial charge in [0.05, 0.1) is 13.2 Å². The second-order valence-electron chi connectivity index (χ2n) is 7.51. The number of hydrogen-bond donors (Lipinski definition) is 0. The van der Waals surface area contributed by atoms with Crippen LogP contribution in [0.15, 0.2) is 30.0 Å². The Bertz CT molecular complexity index is 755. The van der Waals surface area contributed by atoms with Gasteiger partial charge in [0.1, 0.15) is 11.8 Å². The van der Waals surface area contributed by atoms with E-state index in [1.54, 1.807) is 25.1 Å². The Morgan fingerprint density at radius 2 is 2.07 bits per heavy atom. The normalized spacial score (nSPS) is 17.9. The smallest absolute Gasteiger partial charge is 0.328 e. The Labute approximate surface area is 159 Å². The van der Waals surface area contributed by atoms with E-state index in [0.717, 1.165) is 12.8 Å². The number of hydrogen-bond acceptors (Lipinski definition) is 4. The fraction of sp³-hybridized carbons (Fsp3) is 0.524. The van der Waals surface area contributed by atoms with Crippen LogP contribution < -0.4 is 4.74 Å². The van der Waals surface area contributed by atoms with Gasteiger partial charge in [0.2, 0.25) is 0 Å². The molecule has 1 saturated carbocycles. The van der Waals surface area contributed by atoms with Crippen molar-refractivity contribution in [3.05, 3.63) is 41.4 Å². The SMILES string of the molecule is CCOC(=O)[C@H](CC(C)C)N1CC(Oc2cccc(C3CC3)c2F)=CC1=O. The summed E-state index contributed by atoms with van der Waals surface area (Å²) in [4.78, 5) is 26.2. The van der Waals surface area contributed by atoms with Crippen molar-refractivity contribution in [2.24, 2.45) is 5.92 Å². The Morgan fingerprint density at radius 3 is 2.70 bits per heavy atom. The van der Waals surface area contributed by atoms with E-state index in [-0.39, 0.29) is 42.5 Å². The summed E-state index contributed by atoms with van der Waals surface area (Å²) in [6, 6.07) is 4.44. The molecule has 1 fully saturated rings. The quantitative estimate of drug-likeness (QED) is 0.649. The molecule has 1 aliphatic heterocycles. The Balaban J connectivity index is 1.73. The average molecular weight is 375 g/mol. The lowest BCUT2D eigenvalue weighted by Gasteiger charge is -2.27. The van der Waals surface area contributed by atoms with Crippen molar-refractivity contribution < 1.29 is 23.5 Å². The van der Waals surface area contributed by atoms with Crippen molar-refractivity contribution in [1.29, 1.82) is 0 Å². The number of benzene rings is 1. The van der Waals surface area contributed by atoms with Crippen molar-refractivity contribution in [3.63, 3.8) is 0 Å². The highest BCUT2D eigenvalue weighted by atomic mass is 19.1. The first-order valence-electron chi connectivity index (χ1n) is 9.54. The molecule has 0 spiro atoms. The highest BCUT2D eigenvalue weighted by Crippen LogP contribution is 2.43. The predicted octanol–water partition coefficient (Wildman–Crippen LogP) is 3.79. The van der Waals surface area contributed by atoms with Crippen LogP contribution in [0.4, 0.5) is 4.39 Å². The molecule has 1 heterocycles. The molecule has 1 amide bonds. The topological polar surface area (TPSA) is 55.8 Å². The standard InChI is InChI=1S/C21H26FNO4/c1-4-26-21(25)17(10-13(2)3)23-12-15(11-19(23)24)27-18-7-5-6-16(20(18)22)14-8-9-14/h5-7,11,13-14,17H,4,8-10,12H2,1-3H3/t17-/m0/s1. The van der Waals surface area contributed by atoms with Crippen molar-refractivity contribution >= 4 is 11.9 Å². The van der Waals surface area contributed by atoms with E-state index in [1.165, 1.54) is 11.0 Å². The summed E-state index contributed by atoms with van der Waals surface area (Å²) in [7, 11) is 0. The minimum Gasteiger partial charge on any atom is -0.464 e. The summed E-state index contributed by atoms with van der Waals surface area (Å²) in [6.45, 7) is 6.08. The molecular formula is C21H26FNO4. The second kappa shape index (κ2) is 8.11. The van der Waals surface area contributed by atoms with Crippen LogP contribution >= 0.6 is 0 Å². The van der Waals surface area contributed by atoms with Crippen molar-refractivity contribution in [1.82, 2.24) is 4.90 Å². The molecule has 1 aromatic rings. The minimum absolute atomic E-state index is 0.122. The first-order chi connectivity index (χ1) is 12.9. The summed E-state index contributed by atoms with van der Waals surface area (Å²) in [6.07, 6.45) is 3.81. The van der Waals surface area contributed by atoms with Crippen LogP contribution in [0.2, 0.25) is 0 Å². The molecule has 6 heteroatoms. The van der Waals surface area contributed by atoms with E-state index in [0.29, 0.717) is 17.7 Å². The maximum Gasteiger partial charge on any atom is 0.328 e. The number of halogens is 1. The van der Waals surface area contributed by atoms with Gasteiger partial charge in [0, 0.05) is 6.08 Å². The third-order valence-electron chi connectivity index (χ3n) is 4.77. The highest BCUT2D eigenvalue weighted by Gasteiger charge is 2.36. The summed E-state index contributed by atoms with van der Waals surface area (Å²) < 4.78 is 25.5. The summed E-state index contributed by atoms with van der Waals surface area (Å²) in [5, 5.41) is 0. The van der Waals surface area contributed by atoms with Gasteiger partial charge in [-0.15, -0.1) is 0 Å². The van der Waals surface area contributed by atoms with Gasteiger partial charge in [-0.2, -0.15) is 0 Å². The molecule has 0 bridgehead atoms. The van der Waals surface area contributed by atoms with E-state index >= 15 is 0 Å². The molecule has 3 rings (SSSR count). The van der Waals surface area contributed by atoms with E-state index in [2.05, 4.69) is 0 Å². The molecule has 0 saturated heterocycles. The zero-order valence-electron chi connectivity index (χ0n) is 16.0. The molecule has 0 radical (unpaired) electrons. The molecule has 1 aromatic carbocycles. The van der Waals surface area contributed by atoms with Crippen molar-refractivity contribution in [2.75, 3.05) is 13.2 Å². The fourth-order valence-corrected chi connectivity index (χ4v) is 3.33. The first-order valence-corrected chi connectivity index (χ1v) is 9.54. The van der Waals surface area contributed by atoms with Crippen LogP contribution in [0, 0.1) is 11.7 Å². The zero-order valence-corrected chi connectivity index (χ0v) is 16.0. The molecule has 1 atom stereocenters. The van der Waals surface area contributed by atoms with Crippen LogP contribution in [0.1, 0.15) is 51.5 Å². The van der Waals surface area contributed by atoms with Gasteiger partial charge in [0.25, 0.3) is 5.91 Å².